The molecule has 3 N–H and O–H groups in total. The zero-order valence-electron chi connectivity index (χ0n) is 12.1. The average Bonchev–Trinajstić information content (AvgIpc) is 2.40. The molecule has 24 heavy (non-hydrogen) atoms. The van der Waals surface area contributed by atoms with Crippen molar-refractivity contribution in [2.24, 2.45) is 5.73 Å². The van der Waals surface area contributed by atoms with Crippen LogP contribution in [-0.4, -0.2) is 19.2 Å². The molecule has 0 fully saturated rings. The molecular formula is C14H13Cl2FN3O3S-. The maximum Gasteiger partial charge on any atom is 0.252 e. The van der Waals surface area contributed by atoms with Gasteiger partial charge in [-0.25, -0.2) is 4.39 Å². The van der Waals surface area contributed by atoms with Crippen LogP contribution in [0.2, 0.25) is 5.02 Å². The van der Waals surface area contributed by atoms with E-state index in [2.05, 4.69) is 0 Å². The van der Waals surface area contributed by atoms with Crippen LogP contribution >= 0.6 is 24.0 Å². The first-order valence-electron chi connectivity index (χ1n) is 6.35. The number of rotatable bonds is 5. The van der Waals surface area contributed by atoms with E-state index in [1.165, 1.54) is 29.0 Å². The summed E-state index contributed by atoms with van der Waals surface area (Å²) in [5.74, 6) is -1.70. The highest BCUT2D eigenvalue weighted by Crippen LogP contribution is 2.14. The smallest absolute Gasteiger partial charge is 0.252 e. The number of carbonyl (C=O) groups excluding carboxylic acids is 1. The molecule has 0 saturated heterocycles. The Bertz CT molecular complexity index is 858. The van der Waals surface area contributed by atoms with E-state index in [4.69, 9.17) is 22.7 Å². The van der Waals surface area contributed by atoms with Gasteiger partial charge in [0, 0.05) is 18.5 Å². The summed E-state index contributed by atoms with van der Waals surface area (Å²) in [6.45, 7) is 0.0376. The van der Waals surface area contributed by atoms with Crippen LogP contribution in [0.5, 0.6) is 0 Å². The van der Waals surface area contributed by atoms with Gasteiger partial charge >= 0.3 is 0 Å². The number of nitrogens with zero attached hydrogens (tertiary/aromatic N) is 1. The van der Waals surface area contributed by atoms with Crippen molar-refractivity contribution in [3.8, 4) is 0 Å². The van der Waals surface area contributed by atoms with E-state index in [0.717, 1.165) is 6.07 Å². The summed E-state index contributed by atoms with van der Waals surface area (Å²) in [7, 11) is 0. The van der Waals surface area contributed by atoms with Crippen molar-refractivity contribution in [2.75, 3.05) is 0 Å². The third-order valence-corrected chi connectivity index (χ3v) is 3.80. The number of nitrogens with two attached hydrogens (primary N) is 1. The molecule has 1 aromatic heterocycles. The number of aromatic nitrogens is 1. The number of halogens is 3. The zero-order valence-corrected chi connectivity index (χ0v) is 14.5. The van der Waals surface area contributed by atoms with Gasteiger partial charge in [-0.3, -0.25) is 14.4 Å². The predicted molar refractivity (Wildman–Crippen MR) is 89.2 cm³/mol. The van der Waals surface area contributed by atoms with E-state index in [1.54, 1.807) is 0 Å². The SMILES string of the molecule is Cl.N=c1c(C(N)=O)cc(Cl)cn1Cc1cc(F)cc(CS(=O)[O-])c1. The quantitative estimate of drug-likeness (QED) is 0.754. The van der Waals surface area contributed by atoms with Crippen LogP contribution in [-0.2, 0) is 23.4 Å². The molecule has 0 radical (unpaired) electrons. The Morgan fingerprint density at radius 1 is 1.33 bits per heavy atom. The van der Waals surface area contributed by atoms with Crippen LogP contribution in [0, 0.1) is 11.2 Å². The summed E-state index contributed by atoms with van der Waals surface area (Å²) < 4.78 is 36.4. The van der Waals surface area contributed by atoms with Gasteiger partial charge in [0.1, 0.15) is 11.3 Å². The fourth-order valence-electron chi connectivity index (χ4n) is 2.15. The third kappa shape index (κ3) is 5.13. The highest BCUT2D eigenvalue weighted by Gasteiger charge is 2.10. The van der Waals surface area contributed by atoms with Crippen molar-refractivity contribution in [3.63, 3.8) is 0 Å². The Kier molecular flexibility index (Phi) is 7.09. The zero-order chi connectivity index (χ0) is 17.1. The third-order valence-electron chi connectivity index (χ3n) is 3.02. The standard InChI is InChI=1S/C14H13ClFN3O3S.ClH/c15-10-4-12(14(18)20)13(17)19(6-10)5-8-1-9(7-23(21)22)3-11(16)2-8;/h1-4,6,17H,5,7H2,(H2,18,20)(H,21,22);1H/p-1. The monoisotopic (exact) mass is 392 g/mol. The van der Waals surface area contributed by atoms with Gasteiger partial charge in [0.2, 0.25) is 0 Å². The molecule has 1 atom stereocenters. The second-order valence-corrected chi connectivity index (χ2v) is 6.16. The maximum absolute atomic E-state index is 13.6. The number of amides is 1. The molecule has 10 heteroatoms. The molecule has 0 aliphatic heterocycles. The number of pyridine rings is 1. The van der Waals surface area contributed by atoms with Gasteiger partial charge in [-0.15, -0.1) is 12.4 Å². The van der Waals surface area contributed by atoms with Gasteiger partial charge in [0.05, 0.1) is 10.6 Å². The van der Waals surface area contributed by atoms with Gasteiger partial charge in [-0.2, -0.15) is 0 Å². The van der Waals surface area contributed by atoms with E-state index in [-0.39, 0.29) is 46.3 Å². The minimum atomic E-state index is -2.34. The summed E-state index contributed by atoms with van der Waals surface area (Å²) in [6.07, 6.45) is 1.41. The summed E-state index contributed by atoms with van der Waals surface area (Å²) in [5, 5.41) is 8.16. The predicted octanol–water partition coefficient (Wildman–Crippen LogP) is 1.71. The van der Waals surface area contributed by atoms with E-state index >= 15 is 0 Å². The number of hydrogen-bond donors (Lipinski definition) is 2. The largest absolute Gasteiger partial charge is 0.772 e. The number of benzene rings is 1. The molecule has 2 aromatic rings. The van der Waals surface area contributed by atoms with E-state index in [9.17, 15) is 17.9 Å². The Balaban J connectivity index is 0.00000288. The van der Waals surface area contributed by atoms with Crippen molar-refractivity contribution >= 4 is 41.0 Å². The summed E-state index contributed by atoms with van der Waals surface area (Å²) >= 11 is 3.56. The van der Waals surface area contributed by atoms with Crippen molar-refractivity contribution in [1.82, 2.24) is 4.57 Å². The molecule has 1 aromatic carbocycles. The Labute approximate surface area is 150 Å². The van der Waals surface area contributed by atoms with Crippen molar-refractivity contribution in [1.29, 1.82) is 5.41 Å². The summed E-state index contributed by atoms with van der Waals surface area (Å²) in [4.78, 5) is 11.3. The van der Waals surface area contributed by atoms with Gasteiger partial charge in [0.15, 0.2) is 0 Å². The number of primary amides is 1. The van der Waals surface area contributed by atoms with Crippen LogP contribution in [0.3, 0.4) is 0 Å². The van der Waals surface area contributed by atoms with Crippen molar-refractivity contribution in [2.45, 2.75) is 12.3 Å². The Morgan fingerprint density at radius 2 is 1.96 bits per heavy atom. The summed E-state index contributed by atoms with van der Waals surface area (Å²) in [5.41, 5.74) is 5.68. The van der Waals surface area contributed by atoms with Crippen molar-refractivity contribution < 1.29 is 17.9 Å². The summed E-state index contributed by atoms with van der Waals surface area (Å²) in [6, 6.07) is 5.13. The normalized spacial score (nSPS) is 11.6. The van der Waals surface area contributed by atoms with Crippen LogP contribution in [0.4, 0.5) is 4.39 Å². The lowest BCUT2D eigenvalue weighted by molar-refractivity contribution is 0.0997. The van der Waals surface area contributed by atoms with Gasteiger partial charge in [0.25, 0.3) is 5.91 Å². The molecule has 130 valence electrons. The first-order valence-corrected chi connectivity index (χ1v) is 7.97. The first kappa shape index (κ1) is 20.3. The molecule has 1 unspecified atom stereocenters. The fraction of sp³-hybridized carbons (Fsp3) is 0.143. The molecule has 1 amide bonds. The molecular weight excluding hydrogens is 380 g/mol. The van der Waals surface area contributed by atoms with E-state index in [1.807, 2.05) is 0 Å². The molecule has 0 aliphatic carbocycles. The van der Waals surface area contributed by atoms with E-state index < -0.39 is 22.8 Å². The number of carbonyl (C=O) groups is 1. The van der Waals surface area contributed by atoms with Gasteiger partial charge in [-0.1, -0.05) is 28.7 Å². The maximum atomic E-state index is 13.6. The second-order valence-electron chi connectivity index (χ2n) is 4.83. The molecule has 0 spiro atoms. The molecule has 0 bridgehead atoms. The van der Waals surface area contributed by atoms with Crippen LogP contribution in [0.15, 0.2) is 30.5 Å². The average molecular weight is 393 g/mol. The first-order chi connectivity index (χ1) is 10.8. The highest BCUT2D eigenvalue weighted by molar-refractivity contribution is 7.78. The topological polar surface area (TPSA) is 112 Å². The number of hydrogen-bond acceptors (Lipinski definition) is 4. The molecule has 0 aliphatic rings. The Hall–Kier alpha value is -1.74. The molecule has 0 saturated carbocycles. The van der Waals surface area contributed by atoms with Crippen molar-refractivity contribution in [3.05, 3.63) is 63.5 Å². The van der Waals surface area contributed by atoms with Crippen LogP contribution in [0.1, 0.15) is 21.5 Å². The lowest BCUT2D eigenvalue weighted by atomic mass is 10.1. The lowest BCUT2D eigenvalue weighted by Crippen LogP contribution is -2.29. The highest BCUT2D eigenvalue weighted by atomic mass is 35.5. The minimum Gasteiger partial charge on any atom is -0.772 e. The molecule has 2 rings (SSSR count). The van der Waals surface area contributed by atoms with Gasteiger partial charge < -0.3 is 14.9 Å². The van der Waals surface area contributed by atoms with Crippen LogP contribution < -0.4 is 11.2 Å². The molecule has 6 nitrogen and oxygen atoms in total. The van der Waals surface area contributed by atoms with Crippen LogP contribution in [0.25, 0.3) is 0 Å². The number of nitrogens with one attached hydrogen (secondary N) is 1. The lowest BCUT2D eigenvalue weighted by Gasteiger charge is -2.12. The Morgan fingerprint density at radius 3 is 2.54 bits per heavy atom. The fourth-order valence-corrected chi connectivity index (χ4v) is 2.81. The van der Waals surface area contributed by atoms with Gasteiger partial charge in [-0.05, 0) is 29.3 Å². The minimum absolute atomic E-state index is 0. The van der Waals surface area contributed by atoms with E-state index in [0.29, 0.717) is 5.56 Å². The second kappa shape index (κ2) is 8.39. The molecule has 1 heterocycles.